The summed E-state index contributed by atoms with van der Waals surface area (Å²) in [5, 5.41) is 7.33. The molecule has 0 aliphatic rings. The van der Waals surface area contributed by atoms with Crippen LogP contribution in [-0.2, 0) is 4.74 Å². The van der Waals surface area contributed by atoms with E-state index in [9.17, 15) is 0 Å². The molecular formula is C11H16N2O3. The molecule has 0 saturated carbocycles. The minimum absolute atomic E-state index is 0.000699. The van der Waals surface area contributed by atoms with Crippen LogP contribution in [0.4, 0.5) is 0 Å². The van der Waals surface area contributed by atoms with Crippen LogP contribution in [-0.4, -0.2) is 26.3 Å². The van der Waals surface area contributed by atoms with Crippen LogP contribution < -0.4 is 15.2 Å². The van der Waals surface area contributed by atoms with E-state index in [1.165, 1.54) is 0 Å². The highest BCUT2D eigenvalue weighted by Gasteiger charge is 2.07. The lowest BCUT2D eigenvalue weighted by Crippen LogP contribution is -2.11. The molecule has 16 heavy (non-hydrogen) atoms. The van der Waals surface area contributed by atoms with E-state index in [1.54, 1.807) is 25.3 Å². The Balaban J connectivity index is 2.94. The van der Waals surface area contributed by atoms with Gasteiger partial charge < -0.3 is 19.9 Å². The van der Waals surface area contributed by atoms with Crippen LogP contribution in [0, 0.1) is 5.41 Å². The number of hydrogen-bond donors (Lipinski definition) is 2. The summed E-state index contributed by atoms with van der Waals surface area (Å²) in [6.07, 6.45) is 0. The maximum Gasteiger partial charge on any atom is 0.188 e. The Labute approximate surface area is 94.6 Å². The minimum Gasteiger partial charge on any atom is -0.490 e. The predicted molar refractivity (Wildman–Crippen MR) is 61.1 cm³/mol. The minimum atomic E-state index is -0.000699. The fourth-order valence-corrected chi connectivity index (χ4v) is 1.19. The van der Waals surface area contributed by atoms with Gasteiger partial charge in [0.15, 0.2) is 18.3 Å². The molecule has 1 aromatic carbocycles. The lowest BCUT2D eigenvalue weighted by Gasteiger charge is -2.12. The maximum absolute atomic E-state index is 7.33. The summed E-state index contributed by atoms with van der Waals surface area (Å²) in [6.45, 7) is 2.55. The summed E-state index contributed by atoms with van der Waals surface area (Å²) < 4.78 is 15.5. The van der Waals surface area contributed by atoms with Crippen molar-refractivity contribution in [1.82, 2.24) is 0 Å². The molecule has 0 fully saturated rings. The average molecular weight is 224 g/mol. The number of hydrogen-bond acceptors (Lipinski definition) is 4. The summed E-state index contributed by atoms with van der Waals surface area (Å²) in [5.41, 5.74) is 6.00. The van der Waals surface area contributed by atoms with Crippen LogP contribution in [0.25, 0.3) is 0 Å². The number of nitrogens with one attached hydrogen (secondary N) is 1. The summed E-state index contributed by atoms with van der Waals surface area (Å²) in [4.78, 5) is 0. The van der Waals surface area contributed by atoms with Gasteiger partial charge in [0, 0.05) is 12.7 Å². The van der Waals surface area contributed by atoms with Crippen LogP contribution in [0.5, 0.6) is 11.5 Å². The van der Waals surface area contributed by atoms with Crippen molar-refractivity contribution in [3.8, 4) is 11.5 Å². The van der Waals surface area contributed by atoms with Crippen molar-refractivity contribution in [1.29, 1.82) is 5.41 Å². The molecule has 0 amide bonds. The summed E-state index contributed by atoms with van der Waals surface area (Å²) >= 11 is 0. The first-order valence-corrected chi connectivity index (χ1v) is 4.92. The molecular weight excluding hydrogens is 208 g/mol. The standard InChI is InChI=1S/C11H16N2O3/c1-3-15-10-6-8(11(12)13)4-5-9(10)16-7-14-2/h4-6H,3,7H2,1-2H3,(H3,12,13). The van der Waals surface area contributed by atoms with Crippen molar-refractivity contribution in [2.75, 3.05) is 20.5 Å². The van der Waals surface area contributed by atoms with Gasteiger partial charge in [-0.25, -0.2) is 0 Å². The van der Waals surface area contributed by atoms with Gasteiger partial charge >= 0.3 is 0 Å². The Morgan fingerprint density at radius 3 is 2.62 bits per heavy atom. The van der Waals surface area contributed by atoms with Gasteiger partial charge in [-0.3, -0.25) is 5.41 Å². The molecule has 0 aliphatic heterocycles. The fourth-order valence-electron chi connectivity index (χ4n) is 1.19. The molecule has 0 aromatic heterocycles. The van der Waals surface area contributed by atoms with Crippen molar-refractivity contribution in [2.45, 2.75) is 6.92 Å². The smallest absolute Gasteiger partial charge is 0.188 e. The van der Waals surface area contributed by atoms with Gasteiger partial charge in [-0.2, -0.15) is 0 Å². The van der Waals surface area contributed by atoms with Crippen LogP contribution in [0.1, 0.15) is 12.5 Å². The van der Waals surface area contributed by atoms with Gasteiger partial charge in [0.2, 0.25) is 0 Å². The Morgan fingerprint density at radius 1 is 1.31 bits per heavy atom. The molecule has 0 unspecified atom stereocenters. The SMILES string of the molecule is CCOc1cc(C(=N)N)ccc1OCOC. The molecule has 88 valence electrons. The van der Waals surface area contributed by atoms with Crippen LogP contribution in [0.15, 0.2) is 18.2 Å². The first-order chi connectivity index (χ1) is 7.69. The first kappa shape index (κ1) is 12.3. The number of rotatable bonds is 6. The number of nitrogen functional groups attached to an aromatic ring is 1. The van der Waals surface area contributed by atoms with E-state index in [4.69, 9.17) is 25.4 Å². The molecule has 3 N–H and O–H groups in total. The summed E-state index contributed by atoms with van der Waals surface area (Å²) in [5.74, 6) is 1.14. The first-order valence-electron chi connectivity index (χ1n) is 4.92. The molecule has 1 rings (SSSR count). The lowest BCUT2D eigenvalue weighted by atomic mass is 10.2. The third kappa shape index (κ3) is 3.13. The van der Waals surface area contributed by atoms with Crippen LogP contribution >= 0.6 is 0 Å². The van der Waals surface area contributed by atoms with E-state index in [0.717, 1.165) is 0 Å². The Hall–Kier alpha value is -1.75. The molecule has 5 nitrogen and oxygen atoms in total. The van der Waals surface area contributed by atoms with Gasteiger partial charge in [-0.05, 0) is 25.1 Å². The fraction of sp³-hybridized carbons (Fsp3) is 0.364. The highest BCUT2D eigenvalue weighted by Crippen LogP contribution is 2.28. The molecule has 0 heterocycles. The second-order valence-corrected chi connectivity index (χ2v) is 3.06. The van der Waals surface area contributed by atoms with Gasteiger partial charge in [-0.15, -0.1) is 0 Å². The highest BCUT2D eigenvalue weighted by atomic mass is 16.7. The van der Waals surface area contributed by atoms with Crippen molar-refractivity contribution in [3.05, 3.63) is 23.8 Å². The van der Waals surface area contributed by atoms with Gasteiger partial charge in [-0.1, -0.05) is 0 Å². The number of nitrogens with two attached hydrogens (primary N) is 1. The molecule has 0 bridgehead atoms. The maximum atomic E-state index is 7.33. The van der Waals surface area contributed by atoms with E-state index in [-0.39, 0.29) is 12.6 Å². The van der Waals surface area contributed by atoms with E-state index in [2.05, 4.69) is 0 Å². The average Bonchev–Trinajstić information content (AvgIpc) is 2.27. The Bertz CT molecular complexity index is 366. The van der Waals surface area contributed by atoms with Gasteiger partial charge in [0.25, 0.3) is 0 Å². The van der Waals surface area contributed by atoms with Crippen LogP contribution in [0.2, 0.25) is 0 Å². The zero-order valence-corrected chi connectivity index (χ0v) is 9.45. The van der Waals surface area contributed by atoms with Gasteiger partial charge in [0.1, 0.15) is 5.84 Å². The van der Waals surface area contributed by atoms with Crippen molar-refractivity contribution in [3.63, 3.8) is 0 Å². The molecule has 5 heteroatoms. The number of amidine groups is 1. The number of benzene rings is 1. The Morgan fingerprint density at radius 2 is 2.06 bits per heavy atom. The van der Waals surface area contributed by atoms with Crippen molar-refractivity contribution >= 4 is 5.84 Å². The van der Waals surface area contributed by atoms with Gasteiger partial charge in [0.05, 0.1) is 6.61 Å². The van der Waals surface area contributed by atoms with Crippen molar-refractivity contribution < 1.29 is 14.2 Å². The molecule has 0 radical (unpaired) electrons. The third-order valence-electron chi connectivity index (χ3n) is 1.89. The monoisotopic (exact) mass is 224 g/mol. The topological polar surface area (TPSA) is 77.6 Å². The normalized spacial score (nSPS) is 9.88. The number of methoxy groups -OCH3 is 1. The number of ether oxygens (including phenoxy) is 3. The van der Waals surface area contributed by atoms with E-state index < -0.39 is 0 Å². The summed E-state index contributed by atoms with van der Waals surface area (Å²) in [6, 6.07) is 5.09. The van der Waals surface area contributed by atoms with Crippen molar-refractivity contribution in [2.24, 2.45) is 5.73 Å². The summed E-state index contributed by atoms with van der Waals surface area (Å²) in [7, 11) is 1.55. The second kappa shape index (κ2) is 5.97. The van der Waals surface area contributed by atoms with E-state index in [1.807, 2.05) is 6.92 Å². The molecule has 1 aromatic rings. The second-order valence-electron chi connectivity index (χ2n) is 3.06. The van der Waals surface area contributed by atoms with E-state index in [0.29, 0.717) is 23.7 Å². The zero-order valence-electron chi connectivity index (χ0n) is 9.45. The highest BCUT2D eigenvalue weighted by molar-refractivity contribution is 5.95. The third-order valence-corrected chi connectivity index (χ3v) is 1.89. The molecule has 0 spiro atoms. The lowest BCUT2D eigenvalue weighted by molar-refractivity contribution is 0.0487. The molecule has 0 atom stereocenters. The Kier molecular flexibility index (Phi) is 4.60. The zero-order chi connectivity index (χ0) is 12.0. The molecule has 0 aliphatic carbocycles. The largest absolute Gasteiger partial charge is 0.490 e. The quantitative estimate of drug-likeness (QED) is 0.434. The molecule has 0 saturated heterocycles. The van der Waals surface area contributed by atoms with Crippen LogP contribution in [0.3, 0.4) is 0 Å². The van der Waals surface area contributed by atoms with E-state index >= 15 is 0 Å². The predicted octanol–water partition coefficient (Wildman–Crippen LogP) is 1.35.